The first-order valence-electron chi connectivity index (χ1n) is 7.11. The highest BCUT2D eigenvalue weighted by molar-refractivity contribution is 14.2. The molecule has 0 aliphatic carbocycles. The Balaban J connectivity index is 2.17. The van der Waals surface area contributed by atoms with Crippen molar-refractivity contribution >= 4 is 59.5 Å². The molecule has 0 spiro atoms. The van der Waals surface area contributed by atoms with Crippen LogP contribution in [0, 0.1) is 10.1 Å². The van der Waals surface area contributed by atoms with Gasteiger partial charge < -0.3 is 9.31 Å². The third-order valence-electron chi connectivity index (χ3n) is 4.58. The van der Waals surface area contributed by atoms with Gasteiger partial charge in [-0.2, -0.15) is 0 Å². The van der Waals surface area contributed by atoms with E-state index in [-0.39, 0.29) is 10.6 Å². The minimum atomic E-state index is -0.547. The summed E-state index contributed by atoms with van der Waals surface area (Å²) >= 11 is 2.11. The number of aromatic nitrogens is 1. The van der Waals surface area contributed by atoms with Gasteiger partial charge in [0, 0.05) is 53.4 Å². The lowest BCUT2D eigenvalue weighted by atomic mass is 9.79. The monoisotopic (exact) mass is 446 g/mol. The van der Waals surface area contributed by atoms with E-state index < -0.39 is 18.3 Å². The normalized spacial score (nSPS) is 19.4. The Kier molecular flexibility index (Phi) is 4.19. The molecule has 1 saturated heterocycles. The number of hydrogen-bond acceptors (Lipinski definition) is 5. The smallest absolute Gasteiger partial charge is 0.399 e. The molecule has 0 amide bonds. The number of fused-ring (bicyclic) bond motifs is 1. The van der Waals surface area contributed by atoms with Crippen molar-refractivity contribution in [2.24, 2.45) is 0 Å². The maximum absolute atomic E-state index is 11.3. The van der Waals surface area contributed by atoms with Gasteiger partial charge in [0.15, 0.2) is 0 Å². The maximum Gasteiger partial charge on any atom is 0.497 e. The van der Waals surface area contributed by atoms with E-state index in [0.29, 0.717) is 5.52 Å². The van der Waals surface area contributed by atoms with Gasteiger partial charge in [-0.15, -0.1) is 0 Å². The van der Waals surface area contributed by atoms with Gasteiger partial charge in [0.25, 0.3) is 5.69 Å². The van der Waals surface area contributed by atoms with Crippen LogP contribution >= 0.6 is 30.3 Å². The first kappa shape index (κ1) is 17.1. The standard InChI is InChI=1S/C14H16BIN2O4S/c1-13(2)14(3,4)22-15(21-13)10-8-17(23-16)12-9(10)6-5-7-11(12)18(19)20/h5-8H,1-4H3. The molecule has 9 heteroatoms. The Hall–Kier alpha value is -0.775. The number of nitro groups is 1. The van der Waals surface area contributed by atoms with E-state index in [9.17, 15) is 10.1 Å². The highest BCUT2D eigenvalue weighted by Crippen LogP contribution is 2.38. The van der Waals surface area contributed by atoms with Crippen LogP contribution in [0.2, 0.25) is 0 Å². The molecule has 0 unspecified atom stereocenters. The minimum Gasteiger partial charge on any atom is -0.399 e. The molecular weight excluding hydrogens is 430 g/mol. The molecule has 0 atom stereocenters. The Morgan fingerprint density at radius 3 is 2.39 bits per heavy atom. The lowest BCUT2D eigenvalue weighted by Gasteiger charge is -2.32. The van der Waals surface area contributed by atoms with Crippen LogP contribution in [0.5, 0.6) is 0 Å². The van der Waals surface area contributed by atoms with E-state index in [0.717, 1.165) is 10.8 Å². The van der Waals surface area contributed by atoms with E-state index in [1.54, 1.807) is 10.0 Å². The van der Waals surface area contributed by atoms with Gasteiger partial charge in [-0.3, -0.25) is 14.1 Å². The summed E-state index contributed by atoms with van der Waals surface area (Å²) < 4.78 is 14.0. The van der Waals surface area contributed by atoms with Crippen molar-refractivity contribution in [3.05, 3.63) is 34.5 Å². The van der Waals surface area contributed by atoms with Gasteiger partial charge in [-0.1, -0.05) is 12.1 Å². The van der Waals surface area contributed by atoms with Crippen LogP contribution in [0.3, 0.4) is 0 Å². The maximum atomic E-state index is 11.3. The molecule has 0 bridgehead atoms. The predicted molar refractivity (Wildman–Crippen MR) is 101 cm³/mol. The molecule has 1 aromatic carbocycles. The summed E-state index contributed by atoms with van der Waals surface area (Å²) in [6.45, 7) is 7.95. The van der Waals surface area contributed by atoms with Crippen LogP contribution in [-0.4, -0.2) is 27.2 Å². The van der Waals surface area contributed by atoms with Crippen LogP contribution < -0.4 is 5.46 Å². The van der Waals surface area contributed by atoms with Crippen molar-refractivity contribution in [3.63, 3.8) is 0 Å². The Morgan fingerprint density at radius 2 is 1.87 bits per heavy atom. The highest BCUT2D eigenvalue weighted by Gasteiger charge is 2.52. The van der Waals surface area contributed by atoms with Gasteiger partial charge in [0.05, 0.1) is 16.1 Å². The van der Waals surface area contributed by atoms with Gasteiger partial charge in [-0.05, 0) is 27.7 Å². The molecule has 0 saturated carbocycles. The van der Waals surface area contributed by atoms with Crippen molar-refractivity contribution in [3.8, 4) is 0 Å². The summed E-state index contributed by atoms with van der Waals surface area (Å²) in [7, 11) is 0.833. The lowest BCUT2D eigenvalue weighted by molar-refractivity contribution is -0.383. The quantitative estimate of drug-likeness (QED) is 0.312. The average molecular weight is 446 g/mol. The molecular formula is C14H16BIN2O4S. The fourth-order valence-electron chi connectivity index (χ4n) is 2.62. The zero-order valence-corrected chi connectivity index (χ0v) is 16.2. The van der Waals surface area contributed by atoms with E-state index in [2.05, 4.69) is 21.2 Å². The Morgan fingerprint density at radius 1 is 1.26 bits per heavy atom. The number of nitro benzene ring substituents is 1. The van der Waals surface area contributed by atoms with Gasteiger partial charge in [0.1, 0.15) is 5.52 Å². The van der Waals surface area contributed by atoms with Crippen molar-refractivity contribution in [2.45, 2.75) is 38.9 Å². The molecule has 2 aromatic rings. The van der Waals surface area contributed by atoms with Crippen molar-refractivity contribution in [1.29, 1.82) is 0 Å². The summed E-state index contributed by atoms with van der Waals surface area (Å²) in [5, 5.41) is 12.1. The minimum absolute atomic E-state index is 0.0782. The third kappa shape index (κ3) is 2.67. The molecule has 0 N–H and O–H groups in total. The van der Waals surface area contributed by atoms with Crippen LogP contribution in [0.25, 0.3) is 10.9 Å². The fraction of sp³-hybridized carbons (Fsp3) is 0.429. The molecule has 3 rings (SSSR count). The van der Waals surface area contributed by atoms with E-state index in [1.165, 1.54) is 15.2 Å². The number of rotatable bonds is 3. The molecule has 1 aliphatic rings. The van der Waals surface area contributed by atoms with Gasteiger partial charge in [-0.25, -0.2) is 0 Å². The van der Waals surface area contributed by atoms with E-state index in [1.807, 2.05) is 40.0 Å². The number of nitrogens with zero attached hydrogens (tertiary/aromatic N) is 2. The van der Waals surface area contributed by atoms with Crippen LogP contribution in [0.15, 0.2) is 24.4 Å². The second-order valence-corrected chi connectivity index (χ2v) is 8.21. The summed E-state index contributed by atoms with van der Waals surface area (Å²) in [5.41, 5.74) is 0.553. The van der Waals surface area contributed by atoms with Crippen molar-refractivity contribution in [1.82, 2.24) is 3.97 Å². The van der Waals surface area contributed by atoms with Crippen LogP contribution in [0.1, 0.15) is 27.7 Å². The molecule has 1 aromatic heterocycles. The fourth-order valence-corrected chi connectivity index (χ4v) is 3.96. The second kappa shape index (κ2) is 5.64. The van der Waals surface area contributed by atoms with Crippen LogP contribution in [-0.2, 0) is 9.31 Å². The van der Waals surface area contributed by atoms with Crippen molar-refractivity contribution < 1.29 is 14.2 Å². The van der Waals surface area contributed by atoms with Crippen molar-refractivity contribution in [2.75, 3.05) is 0 Å². The molecule has 1 aliphatic heterocycles. The largest absolute Gasteiger partial charge is 0.497 e. The molecule has 122 valence electrons. The predicted octanol–water partition coefficient (Wildman–Crippen LogP) is 3.70. The number of non-ortho nitro benzene ring substituents is 1. The van der Waals surface area contributed by atoms with Gasteiger partial charge in [0.2, 0.25) is 0 Å². The summed E-state index contributed by atoms with van der Waals surface area (Å²) in [6, 6.07) is 5.07. The number of halogens is 1. The topological polar surface area (TPSA) is 66.5 Å². The zero-order valence-electron chi connectivity index (χ0n) is 13.2. The molecule has 6 nitrogen and oxygen atoms in total. The summed E-state index contributed by atoms with van der Waals surface area (Å²) in [5.74, 6) is 0. The lowest BCUT2D eigenvalue weighted by Crippen LogP contribution is -2.41. The Labute approximate surface area is 150 Å². The number of para-hydroxylation sites is 1. The third-order valence-corrected chi connectivity index (χ3v) is 6.29. The van der Waals surface area contributed by atoms with E-state index >= 15 is 0 Å². The molecule has 0 radical (unpaired) electrons. The van der Waals surface area contributed by atoms with E-state index in [4.69, 9.17) is 9.31 Å². The van der Waals surface area contributed by atoms with Crippen LogP contribution in [0.4, 0.5) is 5.69 Å². The first-order chi connectivity index (χ1) is 10.7. The summed E-state index contributed by atoms with van der Waals surface area (Å²) in [6.07, 6.45) is 1.86. The SMILES string of the molecule is CC1(C)OB(c2cn(SI)c3c([N+](=O)[O-])cccc23)OC1(C)C. The molecule has 1 fully saturated rings. The van der Waals surface area contributed by atoms with Gasteiger partial charge >= 0.3 is 7.12 Å². The number of benzene rings is 1. The zero-order chi connectivity index (χ0) is 17.0. The number of hydrogen-bond donors (Lipinski definition) is 0. The first-order valence-corrected chi connectivity index (χ1v) is 10.4. The molecule has 23 heavy (non-hydrogen) atoms. The molecule has 2 heterocycles. The average Bonchev–Trinajstić information content (AvgIpc) is 2.93. The second-order valence-electron chi connectivity index (χ2n) is 6.50. The highest BCUT2D eigenvalue weighted by atomic mass is 127. The summed E-state index contributed by atoms with van der Waals surface area (Å²) in [4.78, 5) is 11.0. The Bertz CT molecular complexity index is 776.